The summed E-state index contributed by atoms with van der Waals surface area (Å²) in [5, 5.41) is 18.9. The molecule has 1 heterocycles. The number of Topliss-reactive ketones (excluding diaryl/α,β-unsaturated/α-hetero) is 1. The van der Waals surface area contributed by atoms with E-state index in [1.54, 1.807) is 0 Å². The maximum Gasteiger partial charge on any atom is 0.416 e. The summed E-state index contributed by atoms with van der Waals surface area (Å²) in [6.45, 7) is 0.227. The number of benzene rings is 3. The van der Waals surface area contributed by atoms with E-state index in [9.17, 15) is 33.1 Å². The van der Waals surface area contributed by atoms with Crippen LogP contribution in [0.5, 0.6) is 17.2 Å². The van der Waals surface area contributed by atoms with Crippen molar-refractivity contribution in [2.75, 3.05) is 6.61 Å². The number of carboxylic acid groups (broad SMARTS) is 1. The highest BCUT2D eigenvalue weighted by Crippen LogP contribution is 2.39. The summed E-state index contributed by atoms with van der Waals surface area (Å²) in [4.78, 5) is 24.0. The molecule has 35 heavy (non-hydrogen) atoms. The fourth-order valence-electron chi connectivity index (χ4n) is 3.78. The van der Waals surface area contributed by atoms with Crippen LogP contribution in [-0.4, -0.2) is 23.5 Å². The number of aliphatic carboxylic acids is 1. The lowest BCUT2D eigenvalue weighted by Gasteiger charge is -2.24. The molecule has 6 nitrogen and oxygen atoms in total. The largest absolute Gasteiger partial charge is 0.493 e. The zero-order valence-corrected chi connectivity index (χ0v) is 18.1. The molecule has 1 unspecified atom stereocenters. The van der Waals surface area contributed by atoms with Gasteiger partial charge < -0.3 is 14.6 Å². The Bertz CT molecular complexity index is 1310. The van der Waals surface area contributed by atoms with Gasteiger partial charge in [-0.1, -0.05) is 12.1 Å². The third kappa shape index (κ3) is 5.27. The van der Waals surface area contributed by atoms with Gasteiger partial charge in [-0.3, -0.25) is 9.59 Å². The molecule has 3 aromatic carbocycles. The van der Waals surface area contributed by atoms with Crippen LogP contribution in [0.4, 0.5) is 13.2 Å². The van der Waals surface area contributed by atoms with Gasteiger partial charge in [0.1, 0.15) is 23.3 Å². The van der Waals surface area contributed by atoms with Gasteiger partial charge in [0.2, 0.25) is 0 Å². The molecule has 0 aliphatic carbocycles. The number of carbonyl (C=O) groups is 2. The van der Waals surface area contributed by atoms with E-state index in [1.165, 1.54) is 48.5 Å². The fraction of sp³-hybridized carbons (Fsp3) is 0.192. The Kier molecular flexibility index (Phi) is 6.47. The SMILES string of the molecule is N#Cc1cc2c(cc1Oc1ccc(C(=O)Cc3ccc(C(F)(F)F)cc3)cc1)OCCC2C(=O)O. The molecule has 1 N–H and O–H groups in total. The van der Waals surface area contributed by atoms with Crippen LogP contribution in [0.15, 0.2) is 60.7 Å². The number of hydrogen-bond donors (Lipinski definition) is 1. The number of hydrogen-bond acceptors (Lipinski definition) is 5. The van der Waals surface area contributed by atoms with Crippen LogP contribution in [0.1, 0.15) is 45.0 Å². The lowest BCUT2D eigenvalue weighted by Crippen LogP contribution is -2.21. The lowest BCUT2D eigenvalue weighted by molar-refractivity contribution is -0.139. The number of ether oxygens (including phenoxy) is 2. The molecule has 1 aliphatic heterocycles. The van der Waals surface area contributed by atoms with Gasteiger partial charge >= 0.3 is 12.1 Å². The van der Waals surface area contributed by atoms with Gasteiger partial charge in [-0.2, -0.15) is 18.4 Å². The molecule has 0 spiro atoms. The number of nitriles is 1. The van der Waals surface area contributed by atoms with Crippen LogP contribution in [0.3, 0.4) is 0 Å². The molecule has 0 fully saturated rings. The molecule has 0 aromatic heterocycles. The average molecular weight is 481 g/mol. The van der Waals surface area contributed by atoms with Gasteiger partial charge in [0.15, 0.2) is 5.78 Å². The van der Waals surface area contributed by atoms with Crippen LogP contribution in [-0.2, 0) is 17.4 Å². The van der Waals surface area contributed by atoms with Crippen LogP contribution in [0.2, 0.25) is 0 Å². The second-order valence-corrected chi connectivity index (χ2v) is 7.95. The van der Waals surface area contributed by atoms with Crippen molar-refractivity contribution in [3.8, 4) is 23.3 Å². The molecule has 0 radical (unpaired) electrons. The smallest absolute Gasteiger partial charge is 0.416 e. The minimum atomic E-state index is -4.44. The number of fused-ring (bicyclic) bond motifs is 1. The highest BCUT2D eigenvalue weighted by atomic mass is 19.4. The number of ketones is 1. The summed E-state index contributed by atoms with van der Waals surface area (Å²) in [6, 6.07) is 15.4. The Balaban J connectivity index is 1.48. The Morgan fingerprint density at radius 1 is 1.09 bits per heavy atom. The summed E-state index contributed by atoms with van der Waals surface area (Å²) < 4.78 is 49.4. The van der Waals surface area contributed by atoms with E-state index in [2.05, 4.69) is 0 Å². The summed E-state index contributed by atoms with van der Waals surface area (Å²) in [6.07, 6.45) is -4.20. The van der Waals surface area contributed by atoms with Crippen molar-refractivity contribution in [1.29, 1.82) is 5.26 Å². The van der Waals surface area contributed by atoms with Crippen molar-refractivity contribution in [3.63, 3.8) is 0 Å². The number of halogens is 3. The van der Waals surface area contributed by atoms with Crippen molar-refractivity contribution in [2.24, 2.45) is 0 Å². The quantitative estimate of drug-likeness (QED) is 0.451. The second kappa shape index (κ2) is 9.50. The Labute approximate surface area is 198 Å². The number of rotatable bonds is 6. The second-order valence-electron chi connectivity index (χ2n) is 7.95. The van der Waals surface area contributed by atoms with Crippen molar-refractivity contribution >= 4 is 11.8 Å². The molecule has 0 saturated carbocycles. The van der Waals surface area contributed by atoms with E-state index in [1.807, 2.05) is 6.07 Å². The van der Waals surface area contributed by atoms with Crippen molar-refractivity contribution < 1.29 is 37.3 Å². The fourth-order valence-corrected chi connectivity index (χ4v) is 3.78. The summed E-state index contributed by atoms with van der Waals surface area (Å²) >= 11 is 0. The van der Waals surface area contributed by atoms with Gasteiger partial charge in [-0.05, 0) is 54.4 Å². The van der Waals surface area contributed by atoms with Gasteiger partial charge in [0.25, 0.3) is 0 Å². The first-order valence-electron chi connectivity index (χ1n) is 10.6. The third-order valence-electron chi connectivity index (χ3n) is 5.62. The first kappa shape index (κ1) is 23.8. The Morgan fingerprint density at radius 2 is 1.77 bits per heavy atom. The lowest BCUT2D eigenvalue weighted by atomic mass is 9.91. The Hall–Kier alpha value is -4.32. The summed E-state index contributed by atoms with van der Waals surface area (Å²) in [7, 11) is 0. The van der Waals surface area contributed by atoms with Gasteiger partial charge in [-0.15, -0.1) is 0 Å². The third-order valence-corrected chi connectivity index (χ3v) is 5.62. The molecule has 4 rings (SSSR count). The monoisotopic (exact) mass is 481 g/mol. The highest BCUT2D eigenvalue weighted by molar-refractivity contribution is 5.97. The molecule has 9 heteroatoms. The minimum Gasteiger partial charge on any atom is -0.493 e. The molecular weight excluding hydrogens is 463 g/mol. The normalized spacial score (nSPS) is 14.9. The molecule has 0 amide bonds. The molecule has 1 aliphatic rings. The van der Waals surface area contributed by atoms with Crippen molar-refractivity contribution in [1.82, 2.24) is 0 Å². The van der Waals surface area contributed by atoms with Gasteiger partial charge in [0.05, 0.1) is 23.7 Å². The van der Waals surface area contributed by atoms with Crippen LogP contribution >= 0.6 is 0 Å². The minimum absolute atomic E-state index is 0.0656. The topological polar surface area (TPSA) is 96.6 Å². The number of carboxylic acids is 1. The van der Waals surface area contributed by atoms with Gasteiger partial charge in [-0.25, -0.2) is 0 Å². The van der Waals surface area contributed by atoms with Crippen molar-refractivity contribution in [2.45, 2.75) is 24.9 Å². The zero-order chi connectivity index (χ0) is 25.2. The van der Waals surface area contributed by atoms with E-state index in [0.29, 0.717) is 34.6 Å². The van der Waals surface area contributed by atoms with Crippen LogP contribution in [0.25, 0.3) is 0 Å². The molecule has 3 aromatic rings. The van der Waals surface area contributed by atoms with E-state index >= 15 is 0 Å². The van der Waals surface area contributed by atoms with E-state index in [0.717, 1.165) is 12.1 Å². The predicted octanol–water partition coefficient (Wildman–Crippen LogP) is 5.75. The van der Waals surface area contributed by atoms with E-state index in [4.69, 9.17) is 9.47 Å². The van der Waals surface area contributed by atoms with Crippen LogP contribution in [0, 0.1) is 11.3 Å². The summed E-state index contributed by atoms with van der Waals surface area (Å²) in [5.74, 6) is -1.20. The number of alkyl halides is 3. The predicted molar refractivity (Wildman–Crippen MR) is 118 cm³/mol. The van der Waals surface area contributed by atoms with E-state index < -0.39 is 23.6 Å². The number of nitrogens with zero attached hydrogens (tertiary/aromatic N) is 1. The molecule has 0 bridgehead atoms. The maximum atomic E-state index is 12.7. The zero-order valence-electron chi connectivity index (χ0n) is 18.1. The Morgan fingerprint density at radius 3 is 2.37 bits per heavy atom. The maximum absolute atomic E-state index is 12.7. The summed E-state index contributed by atoms with van der Waals surface area (Å²) in [5.41, 5.74) is 0.573. The van der Waals surface area contributed by atoms with Crippen LogP contribution < -0.4 is 9.47 Å². The molecule has 0 saturated heterocycles. The van der Waals surface area contributed by atoms with Crippen molar-refractivity contribution in [3.05, 3.63) is 88.5 Å². The molecule has 1 atom stereocenters. The number of carbonyl (C=O) groups excluding carboxylic acids is 1. The standard InChI is InChI=1S/C26H18F3NO5/c27-26(28,29)18-5-1-15(2-6-18)11-22(31)16-3-7-19(8-4-16)35-23-13-24-21(12-17(23)14-30)20(25(32)33)9-10-34-24/h1-8,12-13,20H,9-11H2,(H,32,33). The first-order valence-corrected chi connectivity index (χ1v) is 10.6. The van der Waals surface area contributed by atoms with Gasteiger partial charge in [0, 0.05) is 23.6 Å². The average Bonchev–Trinajstić information content (AvgIpc) is 2.83. The molecule has 178 valence electrons. The highest BCUT2D eigenvalue weighted by Gasteiger charge is 2.30. The first-order chi connectivity index (χ1) is 16.7. The van der Waals surface area contributed by atoms with E-state index in [-0.39, 0.29) is 30.1 Å². The molecular formula is C26H18F3NO5.